The van der Waals surface area contributed by atoms with Crippen molar-refractivity contribution in [2.24, 2.45) is 0 Å². The summed E-state index contributed by atoms with van der Waals surface area (Å²) in [6, 6.07) is 5.08. The van der Waals surface area contributed by atoms with Gasteiger partial charge in [0.15, 0.2) is 0 Å². The van der Waals surface area contributed by atoms with E-state index < -0.39 is 5.63 Å². The summed E-state index contributed by atoms with van der Waals surface area (Å²) in [5, 5.41) is 2.92. The maximum atomic E-state index is 12.3. The molecule has 2 heterocycles. The Bertz CT molecular complexity index is 644. The van der Waals surface area contributed by atoms with Gasteiger partial charge in [-0.25, -0.2) is 4.79 Å². The van der Waals surface area contributed by atoms with Gasteiger partial charge in [0.25, 0.3) is 5.91 Å². The molecule has 0 saturated heterocycles. The molecule has 0 aliphatic heterocycles. The summed E-state index contributed by atoms with van der Waals surface area (Å²) in [7, 11) is 0. The number of hydrogen-bond acceptors (Lipinski definition) is 4. The Morgan fingerprint density at radius 1 is 1.38 bits per heavy atom. The Hall–Kier alpha value is -2.30. The lowest BCUT2D eigenvalue weighted by Crippen LogP contribution is -2.34. The van der Waals surface area contributed by atoms with Crippen molar-refractivity contribution in [1.82, 2.24) is 5.32 Å². The maximum absolute atomic E-state index is 12.3. The van der Waals surface area contributed by atoms with Crippen LogP contribution in [0.1, 0.15) is 40.8 Å². The molecule has 5 nitrogen and oxygen atoms in total. The van der Waals surface area contributed by atoms with Gasteiger partial charge >= 0.3 is 5.63 Å². The molecule has 0 fully saturated rings. The second-order valence-electron chi connectivity index (χ2n) is 5.17. The van der Waals surface area contributed by atoms with Crippen LogP contribution in [0.4, 0.5) is 0 Å². The first-order valence-electron chi connectivity index (χ1n) is 6.92. The van der Waals surface area contributed by atoms with Crippen molar-refractivity contribution < 1.29 is 13.6 Å². The van der Waals surface area contributed by atoms with Crippen molar-refractivity contribution in [1.29, 1.82) is 0 Å². The lowest BCUT2D eigenvalue weighted by Gasteiger charge is -2.15. The van der Waals surface area contributed by atoms with E-state index in [-0.39, 0.29) is 11.9 Å². The molecule has 1 atom stereocenters. The zero-order valence-corrected chi connectivity index (χ0v) is 12.4. The van der Waals surface area contributed by atoms with Crippen molar-refractivity contribution in [3.8, 4) is 0 Å². The van der Waals surface area contributed by atoms with Crippen LogP contribution in [0.25, 0.3) is 0 Å². The highest BCUT2D eigenvalue weighted by atomic mass is 16.4. The monoisotopic (exact) mass is 289 g/mol. The molecular weight excluding hydrogens is 270 g/mol. The molecule has 2 aromatic heterocycles. The van der Waals surface area contributed by atoms with Crippen LogP contribution in [-0.2, 0) is 6.42 Å². The second-order valence-corrected chi connectivity index (χ2v) is 5.17. The number of furan rings is 1. The van der Waals surface area contributed by atoms with Gasteiger partial charge in [0.2, 0.25) is 0 Å². The highest BCUT2D eigenvalue weighted by molar-refractivity contribution is 5.96. The van der Waals surface area contributed by atoms with Gasteiger partial charge in [0.05, 0.1) is 11.8 Å². The number of amides is 1. The molecule has 2 aromatic rings. The summed E-state index contributed by atoms with van der Waals surface area (Å²) >= 11 is 0. The largest absolute Gasteiger partial charge is 0.469 e. The van der Waals surface area contributed by atoms with Gasteiger partial charge in [0.1, 0.15) is 11.5 Å². The van der Waals surface area contributed by atoms with Crippen LogP contribution in [0.3, 0.4) is 0 Å². The first kappa shape index (κ1) is 15.1. The first-order valence-corrected chi connectivity index (χ1v) is 6.92. The fourth-order valence-corrected chi connectivity index (χ4v) is 2.28. The molecule has 1 amide bonds. The van der Waals surface area contributed by atoms with Crippen LogP contribution in [0.15, 0.2) is 38.1 Å². The number of aryl methyl sites for hydroxylation is 3. The molecule has 0 radical (unpaired) electrons. The lowest BCUT2D eigenvalue weighted by atomic mass is 10.1. The third kappa shape index (κ3) is 3.84. The zero-order valence-electron chi connectivity index (χ0n) is 12.4. The predicted octanol–water partition coefficient (Wildman–Crippen LogP) is 2.60. The topological polar surface area (TPSA) is 72.5 Å². The van der Waals surface area contributed by atoms with Crippen molar-refractivity contribution in [3.63, 3.8) is 0 Å². The summed E-state index contributed by atoms with van der Waals surface area (Å²) in [6.07, 6.45) is 3.17. The van der Waals surface area contributed by atoms with E-state index in [4.69, 9.17) is 8.83 Å². The smallest absolute Gasteiger partial charge is 0.336 e. The van der Waals surface area contributed by atoms with Crippen LogP contribution >= 0.6 is 0 Å². The van der Waals surface area contributed by atoms with Crippen molar-refractivity contribution in [2.75, 3.05) is 0 Å². The average molecular weight is 289 g/mol. The van der Waals surface area contributed by atoms with Gasteiger partial charge in [-0.3, -0.25) is 4.79 Å². The van der Waals surface area contributed by atoms with Gasteiger partial charge in [-0.2, -0.15) is 0 Å². The molecule has 2 rings (SSSR count). The minimum absolute atomic E-state index is 0.00618. The number of hydrogen-bond donors (Lipinski definition) is 1. The van der Waals surface area contributed by atoms with Crippen LogP contribution < -0.4 is 10.9 Å². The van der Waals surface area contributed by atoms with Crippen LogP contribution in [0, 0.1) is 13.8 Å². The van der Waals surface area contributed by atoms with Gasteiger partial charge in [-0.15, -0.1) is 0 Å². The van der Waals surface area contributed by atoms with E-state index in [2.05, 4.69) is 5.32 Å². The standard InChI is InChI=1S/C16H19NO4/c1-10-9-14(18)21-12(3)15(10)16(19)17-11(2)6-7-13-5-4-8-20-13/h4-5,8-9,11H,6-7H2,1-3H3,(H,17,19). The average Bonchev–Trinajstić information content (AvgIpc) is 2.88. The summed E-state index contributed by atoms with van der Waals surface area (Å²) in [5.74, 6) is 1.02. The van der Waals surface area contributed by atoms with Gasteiger partial charge in [-0.05, 0) is 44.9 Å². The Morgan fingerprint density at radius 3 is 2.76 bits per heavy atom. The van der Waals surface area contributed by atoms with E-state index in [0.29, 0.717) is 16.9 Å². The van der Waals surface area contributed by atoms with E-state index in [1.54, 1.807) is 20.1 Å². The van der Waals surface area contributed by atoms with Gasteiger partial charge in [0, 0.05) is 18.5 Å². The minimum atomic E-state index is -0.438. The summed E-state index contributed by atoms with van der Waals surface area (Å²) in [5.41, 5.74) is 0.617. The zero-order chi connectivity index (χ0) is 15.4. The number of carbonyl (C=O) groups is 1. The van der Waals surface area contributed by atoms with Crippen LogP contribution in [0.2, 0.25) is 0 Å². The predicted molar refractivity (Wildman–Crippen MR) is 78.4 cm³/mol. The van der Waals surface area contributed by atoms with E-state index in [0.717, 1.165) is 18.6 Å². The Labute approximate surface area is 123 Å². The summed E-state index contributed by atoms with van der Waals surface area (Å²) in [6.45, 7) is 5.29. The highest BCUT2D eigenvalue weighted by Gasteiger charge is 2.17. The fourth-order valence-electron chi connectivity index (χ4n) is 2.28. The second kappa shape index (κ2) is 6.43. The minimum Gasteiger partial charge on any atom is -0.469 e. The van der Waals surface area contributed by atoms with Crippen molar-refractivity contribution >= 4 is 5.91 Å². The molecule has 5 heteroatoms. The van der Waals surface area contributed by atoms with Crippen molar-refractivity contribution in [3.05, 3.63) is 57.5 Å². The Balaban J connectivity index is 1.99. The quantitative estimate of drug-likeness (QED) is 0.918. The molecule has 0 spiro atoms. The van der Waals surface area contributed by atoms with Crippen molar-refractivity contribution in [2.45, 2.75) is 39.7 Å². The van der Waals surface area contributed by atoms with Crippen LogP contribution in [-0.4, -0.2) is 11.9 Å². The fraction of sp³-hybridized carbons (Fsp3) is 0.375. The summed E-state index contributed by atoms with van der Waals surface area (Å²) < 4.78 is 10.2. The molecule has 0 aliphatic rings. The molecule has 0 aliphatic carbocycles. The molecule has 21 heavy (non-hydrogen) atoms. The maximum Gasteiger partial charge on any atom is 0.336 e. The first-order chi connectivity index (χ1) is 9.97. The number of carbonyl (C=O) groups excluding carboxylic acids is 1. The molecule has 0 saturated carbocycles. The van der Waals surface area contributed by atoms with E-state index in [9.17, 15) is 9.59 Å². The SMILES string of the molecule is Cc1cc(=O)oc(C)c1C(=O)NC(C)CCc1ccco1. The van der Waals surface area contributed by atoms with E-state index in [1.807, 2.05) is 19.1 Å². The van der Waals surface area contributed by atoms with Crippen LogP contribution in [0.5, 0.6) is 0 Å². The Kier molecular flexibility index (Phi) is 4.62. The molecular formula is C16H19NO4. The highest BCUT2D eigenvalue weighted by Crippen LogP contribution is 2.12. The van der Waals surface area contributed by atoms with Gasteiger partial charge < -0.3 is 14.2 Å². The molecule has 112 valence electrons. The lowest BCUT2D eigenvalue weighted by molar-refractivity contribution is 0.0933. The Morgan fingerprint density at radius 2 is 2.14 bits per heavy atom. The third-order valence-corrected chi connectivity index (χ3v) is 3.34. The molecule has 1 N–H and O–H groups in total. The molecule has 0 bridgehead atoms. The molecule has 0 aromatic carbocycles. The molecule has 1 unspecified atom stereocenters. The number of nitrogens with one attached hydrogen (secondary N) is 1. The normalized spacial score (nSPS) is 12.1. The third-order valence-electron chi connectivity index (χ3n) is 3.34. The summed E-state index contributed by atoms with van der Waals surface area (Å²) in [4.78, 5) is 23.5. The van der Waals surface area contributed by atoms with E-state index in [1.165, 1.54) is 6.07 Å². The number of rotatable bonds is 5. The van der Waals surface area contributed by atoms with E-state index >= 15 is 0 Å². The van der Waals surface area contributed by atoms with Gasteiger partial charge in [-0.1, -0.05) is 0 Å².